The second-order valence-corrected chi connectivity index (χ2v) is 20.9. The van der Waals surface area contributed by atoms with Gasteiger partial charge in [-0.1, -0.05) is 18.2 Å². The number of aromatic nitrogens is 4. The van der Waals surface area contributed by atoms with Gasteiger partial charge in [0, 0.05) is 65.1 Å². The van der Waals surface area contributed by atoms with Crippen molar-refractivity contribution in [1.82, 2.24) is 29.7 Å². The highest BCUT2D eigenvalue weighted by molar-refractivity contribution is 7.89. The van der Waals surface area contributed by atoms with Crippen LogP contribution in [0.15, 0.2) is 107 Å². The molecular weight excluding hydrogens is 1020 g/mol. The van der Waals surface area contributed by atoms with Crippen molar-refractivity contribution in [2.75, 3.05) is 39.4 Å². The number of phenolic OH excluding ortho intramolecular Hbond substituents is 4. The van der Waals surface area contributed by atoms with Gasteiger partial charge in [-0.05, 0) is 84.4 Å². The number of aromatic amines is 2. The highest BCUT2D eigenvalue weighted by atomic mass is 32.2. The number of carboxylic acids is 1. The van der Waals surface area contributed by atoms with Gasteiger partial charge >= 0.3 is 5.97 Å². The van der Waals surface area contributed by atoms with Crippen LogP contribution in [0.2, 0.25) is 0 Å². The van der Waals surface area contributed by atoms with E-state index in [9.17, 15) is 47.2 Å². The average Bonchev–Trinajstić information content (AvgIpc) is 4.00. The number of fused-ring (bicyclic) bond motifs is 2. The van der Waals surface area contributed by atoms with Crippen molar-refractivity contribution < 1.29 is 56.7 Å². The van der Waals surface area contributed by atoms with Crippen molar-refractivity contribution in [3.8, 4) is 68.0 Å². The molecule has 1 saturated heterocycles. The number of imidazole rings is 2. The van der Waals surface area contributed by atoms with Crippen molar-refractivity contribution in [3.63, 3.8) is 0 Å². The summed E-state index contributed by atoms with van der Waals surface area (Å²) in [6.45, 7) is 0.981. The molecule has 24 nitrogen and oxygen atoms in total. The van der Waals surface area contributed by atoms with Gasteiger partial charge < -0.3 is 56.6 Å². The Bertz CT molecular complexity index is 3950. The molecule has 1 fully saturated rings. The van der Waals surface area contributed by atoms with Crippen molar-refractivity contribution in [3.05, 3.63) is 119 Å². The van der Waals surface area contributed by atoms with Gasteiger partial charge in [-0.2, -0.15) is 0 Å². The largest absolute Gasteiger partial charge is 0.507 e. The molecule has 0 aliphatic carbocycles. The first kappa shape index (κ1) is 52.0. The lowest BCUT2D eigenvalue weighted by molar-refractivity contribution is -0.150. The van der Waals surface area contributed by atoms with Gasteiger partial charge in [0.15, 0.2) is 6.04 Å². The number of sulfonamides is 2. The zero-order valence-corrected chi connectivity index (χ0v) is 41.4. The van der Waals surface area contributed by atoms with Crippen LogP contribution in [0, 0.1) is 10.8 Å². The number of carbonyl (C=O) groups is 2. The van der Waals surface area contributed by atoms with Gasteiger partial charge in [0.1, 0.15) is 46.3 Å². The van der Waals surface area contributed by atoms with Crippen LogP contribution in [0.5, 0.6) is 23.0 Å². The van der Waals surface area contributed by atoms with Crippen LogP contribution in [-0.2, 0) is 40.8 Å². The Hall–Kier alpha value is -8.92. The quantitative estimate of drug-likeness (QED) is 0.0487. The maximum atomic E-state index is 15.4. The average molecular weight is 1070 g/mol. The van der Waals surface area contributed by atoms with E-state index >= 15 is 4.79 Å². The summed E-state index contributed by atoms with van der Waals surface area (Å²) in [5, 5.41) is 85.5. The highest BCUT2D eigenvalue weighted by Gasteiger charge is 2.40. The van der Waals surface area contributed by atoms with Crippen molar-refractivity contribution in [2.45, 2.75) is 22.3 Å². The molecule has 0 bridgehead atoms. The predicted molar refractivity (Wildman–Crippen MR) is 278 cm³/mol. The number of phenols is 4. The highest BCUT2D eigenvalue weighted by Crippen LogP contribution is 2.49. The number of amides is 1. The molecular formula is C50H48N12O12S2. The molecule has 0 saturated carbocycles. The first-order valence-electron chi connectivity index (χ1n) is 22.9. The number of benzene rings is 6. The number of nitrogens with two attached hydrogens (primary N) is 4. The predicted octanol–water partition coefficient (Wildman–Crippen LogP) is 3.32. The molecule has 26 heteroatoms. The van der Waals surface area contributed by atoms with E-state index in [2.05, 4.69) is 19.9 Å². The number of hydrogen-bond acceptors (Lipinski definition) is 16. The number of nitrogens with one attached hydrogen (secondary N) is 4. The molecule has 3 heterocycles. The molecule has 1 amide bonds. The Kier molecular flexibility index (Phi) is 13.7. The molecule has 1 aliphatic rings. The molecule has 1 aliphatic heterocycles. The van der Waals surface area contributed by atoms with E-state index < -0.39 is 94.8 Å². The van der Waals surface area contributed by atoms with Crippen LogP contribution in [0.1, 0.15) is 28.3 Å². The van der Waals surface area contributed by atoms with E-state index in [1.807, 2.05) is 4.90 Å². The second-order valence-electron chi connectivity index (χ2n) is 17.8. The number of para-hydroxylation sites is 1. The fraction of sp³-hybridized carbons (Fsp3) is 0.160. The summed E-state index contributed by atoms with van der Waals surface area (Å²) in [6, 6.07) is 19.0. The fourth-order valence-electron chi connectivity index (χ4n) is 9.17. The molecule has 0 spiro atoms. The third-order valence-electron chi connectivity index (χ3n) is 12.9. The van der Waals surface area contributed by atoms with Crippen LogP contribution >= 0.6 is 0 Å². The Morgan fingerprint density at radius 1 is 0.697 bits per heavy atom. The summed E-state index contributed by atoms with van der Waals surface area (Å²) in [7, 11) is -9.53. The van der Waals surface area contributed by atoms with Gasteiger partial charge in [0.25, 0.3) is 0 Å². The summed E-state index contributed by atoms with van der Waals surface area (Å²) in [5.74, 6) is -5.84. The standard InChI is InChI=1S/C50H48N12O12S2/c51-46(52)25-5-8-34-36(20-25)59-48(57-34)32-18-24(17-30(43(32)66)29-22-27(75(55,70)71)7-10-39(29)64)19-40(65)62(12-11-61-13-15-74-16-14-61)42(50(68)69)31-23-33(49-58-35-9-6-26(47(53)54)21-37(35)60-49)44(67)41(45(31)76(56,72)73)28-3-1-2-4-38(28)63/h1-10,17-18,20-23,42,63-64,66-67H,11-16,19H2,(H3,51,52)(H3,53,54)(H,57,59)(H,58,60)(H,68,69)(H2,55,70,71)(H2,56,72,73). The first-order valence-corrected chi connectivity index (χ1v) is 26.0. The molecule has 1 unspecified atom stereocenters. The number of rotatable bonds is 16. The van der Waals surface area contributed by atoms with Gasteiger partial charge in [-0.3, -0.25) is 20.5 Å². The molecule has 9 rings (SSSR count). The number of H-pyrrole nitrogens is 2. The minimum absolute atomic E-state index is 0.00681. The maximum absolute atomic E-state index is 15.4. The normalized spacial score (nSPS) is 13.7. The molecule has 1 atom stereocenters. The van der Waals surface area contributed by atoms with E-state index in [0.717, 1.165) is 29.2 Å². The van der Waals surface area contributed by atoms with Crippen LogP contribution in [0.4, 0.5) is 0 Å². The molecule has 17 N–H and O–H groups in total. The van der Waals surface area contributed by atoms with Crippen LogP contribution in [-0.4, -0.2) is 135 Å². The minimum Gasteiger partial charge on any atom is -0.507 e. The Morgan fingerprint density at radius 2 is 1.26 bits per heavy atom. The van der Waals surface area contributed by atoms with Crippen molar-refractivity contribution in [1.29, 1.82) is 10.8 Å². The van der Waals surface area contributed by atoms with Gasteiger partial charge in [0.05, 0.1) is 62.6 Å². The molecule has 76 heavy (non-hydrogen) atoms. The van der Waals surface area contributed by atoms with Crippen LogP contribution in [0.3, 0.4) is 0 Å². The number of hydrogen-bond donors (Lipinski definition) is 13. The molecule has 0 radical (unpaired) electrons. The first-order chi connectivity index (χ1) is 36.0. The molecule has 8 aromatic rings. The summed E-state index contributed by atoms with van der Waals surface area (Å²) in [5.41, 5.74) is 11.0. The van der Waals surface area contributed by atoms with Gasteiger partial charge in [-0.25, -0.2) is 41.9 Å². The maximum Gasteiger partial charge on any atom is 0.331 e. The SMILES string of the molecule is N=C(N)c1ccc2[nH]c(-c3cc(CC(=O)N(CCN4CCOCC4)C(C(=O)O)c4cc(-c5nc6cc(C(=N)N)ccc6[nH]5)c(O)c(-c5ccccc5O)c4S(N)(=O)=O)cc(-c4cc(S(N)(=O)=O)ccc4O)c3O)nc2c1. The number of nitrogen functional groups attached to an aromatic ring is 2. The van der Waals surface area contributed by atoms with Crippen molar-refractivity contribution in [2.24, 2.45) is 21.7 Å². The lowest BCUT2D eigenvalue weighted by Gasteiger charge is -2.34. The Morgan fingerprint density at radius 3 is 1.82 bits per heavy atom. The lowest BCUT2D eigenvalue weighted by atomic mass is 9.92. The number of aliphatic carboxylic acids is 1. The van der Waals surface area contributed by atoms with E-state index in [4.69, 9.17) is 37.3 Å². The monoisotopic (exact) mass is 1070 g/mol. The third kappa shape index (κ3) is 10.2. The molecule has 6 aromatic carbocycles. The smallest absolute Gasteiger partial charge is 0.331 e. The summed E-state index contributed by atoms with van der Waals surface area (Å²) in [6.07, 6.45) is -0.721. The van der Waals surface area contributed by atoms with Crippen LogP contribution in [0.25, 0.3) is 67.1 Å². The summed E-state index contributed by atoms with van der Waals surface area (Å²) >= 11 is 0. The number of morpholine rings is 1. The third-order valence-corrected chi connectivity index (χ3v) is 14.8. The number of primary sulfonamides is 2. The number of amidine groups is 2. The van der Waals surface area contributed by atoms with Crippen molar-refractivity contribution >= 4 is 65.7 Å². The van der Waals surface area contributed by atoms with E-state index in [1.165, 1.54) is 54.6 Å². The molecule has 2 aromatic heterocycles. The van der Waals surface area contributed by atoms with Gasteiger partial charge in [0.2, 0.25) is 26.0 Å². The summed E-state index contributed by atoms with van der Waals surface area (Å²) in [4.78, 5) is 46.2. The fourth-order valence-corrected chi connectivity index (χ4v) is 10.7. The molecule has 392 valence electrons. The number of nitrogens with zero attached hydrogens (tertiary/aromatic N) is 4. The summed E-state index contributed by atoms with van der Waals surface area (Å²) < 4.78 is 58.9. The minimum atomic E-state index is -5.14. The number of carboxylic acid groups (broad SMARTS) is 1. The zero-order chi connectivity index (χ0) is 54.5. The van der Waals surface area contributed by atoms with Crippen LogP contribution < -0.4 is 21.7 Å². The Balaban J connectivity index is 1.26. The topological polar surface area (TPSA) is 428 Å². The lowest BCUT2D eigenvalue weighted by Crippen LogP contribution is -2.46. The van der Waals surface area contributed by atoms with E-state index in [0.29, 0.717) is 48.4 Å². The van der Waals surface area contributed by atoms with Gasteiger partial charge in [-0.15, -0.1) is 0 Å². The number of ether oxygens (including phenoxy) is 1. The van der Waals surface area contributed by atoms with E-state index in [1.54, 1.807) is 18.2 Å². The number of aromatic hydroxyl groups is 4. The zero-order valence-electron chi connectivity index (χ0n) is 39.8. The Labute approximate surface area is 431 Å². The second kappa shape index (κ2) is 20.1. The van der Waals surface area contributed by atoms with E-state index in [-0.39, 0.29) is 74.3 Å². The number of carbonyl (C=O) groups excluding carboxylic acids is 1.